The molecule has 5 heteroatoms. The Kier molecular flexibility index (Phi) is 4.10. The van der Waals surface area contributed by atoms with Gasteiger partial charge in [0.05, 0.1) is 12.1 Å². The molecule has 0 aliphatic carbocycles. The number of halogens is 3. The summed E-state index contributed by atoms with van der Waals surface area (Å²) in [6.07, 6.45) is 2.62. The lowest BCUT2D eigenvalue weighted by atomic mass is 10.2. The van der Waals surface area contributed by atoms with Crippen LogP contribution in [0.1, 0.15) is 11.1 Å². The van der Waals surface area contributed by atoms with Crippen molar-refractivity contribution in [3.05, 3.63) is 59.4 Å². The molecule has 0 aliphatic heterocycles. The molecule has 2 nitrogen and oxygen atoms in total. The minimum Gasteiger partial charge on any atom is -0.489 e. The first-order valence-corrected chi connectivity index (χ1v) is 5.79. The van der Waals surface area contributed by atoms with E-state index in [4.69, 9.17) is 16.3 Å². The molecule has 2 rings (SSSR count). The molecule has 0 bridgehead atoms. The third-order valence-corrected chi connectivity index (χ3v) is 2.61. The summed E-state index contributed by atoms with van der Waals surface area (Å²) in [5.41, 5.74) is 1.15. The Bertz CT molecular complexity index is 548. The minimum absolute atomic E-state index is 0.147. The second kappa shape index (κ2) is 5.78. The van der Waals surface area contributed by atoms with Crippen LogP contribution in [0.25, 0.3) is 0 Å². The van der Waals surface area contributed by atoms with Crippen LogP contribution >= 0.6 is 11.6 Å². The van der Waals surface area contributed by atoms with Crippen LogP contribution in [0.4, 0.5) is 8.78 Å². The zero-order chi connectivity index (χ0) is 13.0. The highest BCUT2D eigenvalue weighted by molar-refractivity contribution is 6.17. The van der Waals surface area contributed by atoms with Gasteiger partial charge in [0.1, 0.15) is 24.0 Å². The lowest BCUT2D eigenvalue weighted by Crippen LogP contribution is -1.99. The lowest BCUT2D eigenvalue weighted by Gasteiger charge is -2.09. The van der Waals surface area contributed by atoms with E-state index in [9.17, 15) is 8.78 Å². The van der Waals surface area contributed by atoms with E-state index in [1.54, 1.807) is 0 Å². The standard InChI is InChI=1S/C13H10ClF2NO/c14-5-10-4-11(15)1-2-13(10)18-8-9-3-12(16)7-17-6-9/h1-4,6-7H,5,8H2. The Labute approximate surface area is 108 Å². The summed E-state index contributed by atoms with van der Waals surface area (Å²) in [5, 5.41) is 0. The molecule has 0 amide bonds. The Morgan fingerprint density at radius 1 is 1.11 bits per heavy atom. The number of hydrogen-bond donors (Lipinski definition) is 0. The number of rotatable bonds is 4. The topological polar surface area (TPSA) is 22.1 Å². The second-order valence-corrected chi connectivity index (χ2v) is 3.95. The van der Waals surface area contributed by atoms with Crippen LogP contribution in [0, 0.1) is 11.6 Å². The van der Waals surface area contributed by atoms with E-state index in [0.29, 0.717) is 16.9 Å². The number of aromatic nitrogens is 1. The highest BCUT2D eigenvalue weighted by atomic mass is 35.5. The fraction of sp³-hybridized carbons (Fsp3) is 0.154. The summed E-state index contributed by atoms with van der Waals surface area (Å²) >= 11 is 5.69. The normalized spacial score (nSPS) is 10.4. The Morgan fingerprint density at radius 3 is 2.67 bits per heavy atom. The van der Waals surface area contributed by atoms with Crippen molar-refractivity contribution in [2.45, 2.75) is 12.5 Å². The van der Waals surface area contributed by atoms with Crippen LogP contribution < -0.4 is 4.74 Å². The first-order chi connectivity index (χ1) is 8.69. The number of ether oxygens (including phenoxy) is 1. The smallest absolute Gasteiger partial charge is 0.141 e. The molecule has 0 unspecified atom stereocenters. The van der Waals surface area contributed by atoms with Gasteiger partial charge in [-0.1, -0.05) is 0 Å². The molecule has 0 radical (unpaired) electrons. The van der Waals surface area contributed by atoms with Gasteiger partial charge in [-0.25, -0.2) is 8.78 Å². The maximum absolute atomic E-state index is 13.0. The van der Waals surface area contributed by atoms with Crippen LogP contribution in [0.15, 0.2) is 36.7 Å². The van der Waals surface area contributed by atoms with Crippen molar-refractivity contribution in [1.29, 1.82) is 0 Å². The molecule has 0 aliphatic rings. The fourth-order valence-electron chi connectivity index (χ4n) is 1.49. The van der Waals surface area contributed by atoms with Gasteiger partial charge in [0.2, 0.25) is 0 Å². The number of alkyl halides is 1. The number of pyridine rings is 1. The van der Waals surface area contributed by atoms with Gasteiger partial charge in [-0.15, -0.1) is 11.6 Å². The molecule has 94 valence electrons. The van der Waals surface area contributed by atoms with Crippen LogP contribution in [-0.4, -0.2) is 4.98 Å². The van der Waals surface area contributed by atoms with Crippen molar-refractivity contribution in [3.8, 4) is 5.75 Å². The summed E-state index contributed by atoms with van der Waals surface area (Å²) in [4.78, 5) is 3.71. The largest absolute Gasteiger partial charge is 0.489 e. The molecule has 1 aromatic heterocycles. The van der Waals surface area contributed by atoms with Gasteiger partial charge in [-0.3, -0.25) is 4.98 Å². The number of hydrogen-bond acceptors (Lipinski definition) is 2. The summed E-state index contributed by atoms with van der Waals surface area (Å²) in [6.45, 7) is 0.153. The van der Waals surface area contributed by atoms with Gasteiger partial charge in [0, 0.05) is 17.3 Å². The Morgan fingerprint density at radius 2 is 1.94 bits per heavy atom. The zero-order valence-corrected chi connectivity index (χ0v) is 10.1. The summed E-state index contributed by atoms with van der Waals surface area (Å²) in [5.74, 6) is -0.164. The molecule has 0 N–H and O–H groups in total. The highest BCUT2D eigenvalue weighted by Crippen LogP contribution is 2.22. The predicted molar refractivity (Wildman–Crippen MR) is 64.5 cm³/mol. The highest BCUT2D eigenvalue weighted by Gasteiger charge is 2.05. The van der Waals surface area contributed by atoms with Crippen molar-refractivity contribution >= 4 is 11.6 Å². The van der Waals surface area contributed by atoms with E-state index in [0.717, 1.165) is 6.20 Å². The third-order valence-electron chi connectivity index (χ3n) is 2.32. The van der Waals surface area contributed by atoms with Gasteiger partial charge in [0.15, 0.2) is 0 Å². The molecular weight excluding hydrogens is 260 g/mol. The second-order valence-electron chi connectivity index (χ2n) is 3.69. The van der Waals surface area contributed by atoms with Crippen LogP contribution in [0.2, 0.25) is 0 Å². The van der Waals surface area contributed by atoms with E-state index in [1.807, 2.05) is 0 Å². The molecule has 18 heavy (non-hydrogen) atoms. The molecular formula is C13H10ClF2NO. The van der Waals surface area contributed by atoms with E-state index in [2.05, 4.69) is 4.98 Å². The molecule has 0 fully saturated rings. The maximum Gasteiger partial charge on any atom is 0.141 e. The lowest BCUT2D eigenvalue weighted by molar-refractivity contribution is 0.302. The third kappa shape index (κ3) is 3.17. The minimum atomic E-state index is -0.423. The van der Waals surface area contributed by atoms with E-state index in [1.165, 1.54) is 30.5 Å². The van der Waals surface area contributed by atoms with E-state index < -0.39 is 5.82 Å². The van der Waals surface area contributed by atoms with Gasteiger partial charge < -0.3 is 4.74 Å². The van der Waals surface area contributed by atoms with Crippen molar-refractivity contribution in [3.63, 3.8) is 0 Å². The molecule has 0 saturated heterocycles. The van der Waals surface area contributed by atoms with Gasteiger partial charge >= 0.3 is 0 Å². The van der Waals surface area contributed by atoms with Crippen molar-refractivity contribution < 1.29 is 13.5 Å². The molecule has 0 saturated carbocycles. The molecule has 2 aromatic rings. The van der Waals surface area contributed by atoms with Gasteiger partial charge in [-0.2, -0.15) is 0 Å². The fourth-order valence-corrected chi connectivity index (χ4v) is 1.70. The molecule has 0 spiro atoms. The van der Waals surface area contributed by atoms with E-state index in [-0.39, 0.29) is 18.3 Å². The van der Waals surface area contributed by atoms with Crippen LogP contribution in [-0.2, 0) is 12.5 Å². The molecule has 0 atom stereocenters. The first-order valence-electron chi connectivity index (χ1n) is 5.25. The quantitative estimate of drug-likeness (QED) is 0.790. The maximum atomic E-state index is 13.0. The number of nitrogens with zero attached hydrogens (tertiary/aromatic N) is 1. The SMILES string of the molecule is Fc1cncc(COc2ccc(F)cc2CCl)c1. The van der Waals surface area contributed by atoms with E-state index >= 15 is 0 Å². The number of benzene rings is 1. The summed E-state index contributed by atoms with van der Waals surface area (Å²) in [6, 6.07) is 5.43. The van der Waals surface area contributed by atoms with Crippen LogP contribution in [0.5, 0.6) is 5.75 Å². The zero-order valence-electron chi connectivity index (χ0n) is 9.37. The van der Waals surface area contributed by atoms with Crippen molar-refractivity contribution in [1.82, 2.24) is 4.98 Å². The van der Waals surface area contributed by atoms with Gasteiger partial charge in [-0.05, 0) is 24.3 Å². The molecule has 1 heterocycles. The Hall–Kier alpha value is -1.68. The monoisotopic (exact) mass is 269 g/mol. The van der Waals surface area contributed by atoms with Crippen molar-refractivity contribution in [2.75, 3.05) is 0 Å². The summed E-state index contributed by atoms with van der Waals surface area (Å²) < 4.78 is 31.3. The van der Waals surface area contributed by atoms with Gasteiger partial charge in [0.25, 0.3) is 0 Å². The average molecular weight is 270 g/mol. The molecule has 1 aromatic carbocycles. The Balaban J connectivity index is 2.10. The van der Waals surface area contributed by atoms with Crippen LogP contribution in [0.3, 0.4) is 0 Å². The first kappa shape index (κ1) is 12.8. The summed E-state index contributed by atoms with van der Waals surface area (Å²) in [7, 11) is 0. The van der Waals surface area contributed by atoms with Crippen molar-refractivity contribution in [2.24, 2.45) is 0 Å². The average Bonchev–Trinajstić information content (AvgIpc) is 2.37. The predicted octanol–water partition coefficient (Wildman–Crippen LogP) is 3.68.